The third-order valence-electron chi connectivity index (χ3n) is 0.867. The standard InChI is InChI=1S/C5H3ClF3NOS/c6-1-3-2-10-4(12-3)11-5(7,8)9/h2H,1H2. The lowest BCUT2D eigenvalue weighted by molar-refractivity contribution is -0.274. The highest BCUT2D eigenvalue weighted by atomic mass is 35.5. The highest BCUT2D eigenvalue weighted by Gasteiger charge is 2.32. The van der Waals surface area contributed by atoms with Crippen LogP contribution >= 0.6 is 22.9 Å². The van der Waals surface area contributed by atoms with E-state index in [2.05, 4.69) is 9.72 Å². The second-order valence-electron chi connectivity index (χ2n) is 1.77. The van der Waals surface area contributed by atoms with Crippen LogP contribution in [0.1, 0.15) is 4.88 Å². The summed E-state index contributed by atoms with van der Waals surface area (Å²) in [7, 11) is 0. The summed E-state index contributed by atoms with van der Waals surface area (Å²) in [6.07, 6.45) is -3.43. The van der Waals surface area contributed by atoms with Crippen LogP contribution in [-0.4, -0.2) is 11.3 Å². The van der Waals surface area contributed by atoms with Gasteiger partial charge in [0.25, 0.3) is 5.19 Å². The summed E-state index contributed by atoms with van der Waals surface area (Å²) < 4.78 is 38.2. The SMILES string of the molecule is FC(F)(F)Oc1ncc(CCl)s1. The first-order chi connectivity index (χ1) is 5.51. The molecule has 1 aromatic heterocycles. The molecule has 68 valence electrons. The van der Waals surface area contributed by atoms with Crippen LogP contribution in [0, 0.1) is 0 Å². The molecule has 0 bridgehead atoms. The zero-order valence-corrected chi connectivity index (χ0v) is 7.13. The molecule has 0 aliphatic rings. The van der Waals surface area contributed by atoms with E-state index in [4.69, 9.17) is 11.6 Å². The van der Waals surface area contributed by atoms with Crippen LogP contribution in [0.15, 0.2) is 6.20 Å². The maximum absolute atomic E-state index is 11.6. The van der Waals surface area contributed by atoms with Crippen molar-refractivity contribution >= 4 is 22.9 Å². The number of hydrogen-bond donors (Lipinski definition) is 0. The molecular formula is C5H3ClF3NOS. The zero-order chi connectivity index (χ0) is 9.19. The molecule has 0 amide bonds. The van der Waals surface area contributed by atoms with Crippen LogP contribution in [-0.2, 0) is 5.88 Å². The summed E-state index contributed by atoms with van der Waals surface area (Å²) in [5.41, 5.74) is 0. The van der Waals surface area contributed by atoms with Crippen LogP contribution in [0.4, 0.5) is 13.2 Å². The van der Waals surface area contributed by atoms with E-state index < -0.39 is 11.6 Å². The molecule has 0 unspecified atom stereocenters. The van der Waals surface area contributed by atoms with Gasteiger partial charge in [0, 0.05) is 11.1 Å². The van der Waals surface area contributed by atoms with Crippen LogP contribution in [0.2, 0.25) is 0 Å². The van der Waals surface area contributed by atoms with Gasteiger partial charge in [0.2, 0.25) is 0 Å². The molecular weight excluding hydrogens is 215 g/mol. The van der Waals surface area contributed by atoms with Crippen molar-refractivity contribution in [3.63, 3.8) is 0 Å². The van der Waals surface area contributed by atoms with E-state index in [1.807, 2.05) is 0 Å². The maximum atomic E-state index is 11.6. The Balaban J connectivity index is 2.64. The number of aromatic nitrogens is 1. The predicted molar refractivity (Wildman–Crippen MR) is 38.4 cm³/mol. The summed E-state index contributed by atoms with van der Waals surface area (Å²) in [6.45, 7) is 0. The highest BCUT2D eigenvalue weighted by molar-refractivity contribution is 7.13. The lowest BCUT2D eigenvalue weighted by Crippen LogP contribution is -2.16. The molecule has 0 radical (unpaired) electrons. The summed E-state index contributed by atoms with van der Waals surface area (Å²) in [4.78, 5) is 3.90. The summed E-state index contributed by atoms with van der Waals surface area (Å²) in [5.74, 6) is 0.138. The van der Waals surface area contributed by atoms with Gasteiger partial charge in [0.1, 0.15) is 0 Å². The number of ether oxygens (including phenoxy) is 1. The van der Waals surface area contributed by atoms with Crippen molar-refractivity contribution in [2.45, 2.75) is 12.2 Å². The van der Waals surface area contributed by atoms with Crippen LogP contribution < -0.4 is 4.74 Å². The molecule has 0 atom stereocenters. The van der Waals surface area contributed by atoms with Crippen LogP contribution in [0.5, 0.6) is 5.19 Å². The number of rotatable bonds is 2. The van der Waals surface area contributed by atoms with Gasteiger partial charge in [-0.2, -0.15) is 0 Å². The van der Waals surface area contributed by atoms with Crippen molar-refractivity contribution in [2.24, 2.45) is 0 Å². The first-order valence-corrected chi connectivity index (χ1v) is 4.13. The lowest BCUT2D eigenvalue weighted by atomic mass is 10.6. The van der Waals surface area contributed by atoms with Crippen LogP contribution in [0.3, 0.4) is 0 Å². The Hall–Kier alpha value is -0.490. The quantitative estimate of drug-likeness (QED) is 0.711. The average Bonchev–Trinajstić information content (AvgIpc) is 2.32. The minimum Gasteiger partial charge on any atom is -0.378 e. The van der Waals surface area contributed by atoms with Gasteiger partial charge in [-0.15, -0.1) is 24.8 Å². The molecule has 0 saturated heterocycles. The summed E-state index contributed by atoms with van der Waals surface area (Å²) in [5, 5.41) is -0.432. The summed E-state index contributed by atoms with van der Waals surface area (Å²) in [6, 6.07) is 0. The Morgan fingerprint density at radius 3 is 2.67 bits per heavy atom. The molecule has 1 aromatic rings. The van der Waals surface area contributed by atoms with Gasteiger partial charge in [-0.05, 0) is 0 Å². The van der Waals surface area contributed by atoms with Gasteiger partial charge in [-0.3, -0.25) is 0 Å². The van der Waals surface area contributed by atoms with E-state index in [-0.39, 0.29) is 5.88 Å². The number of nitrogens with zero attached hydrogens (tertiary/aromatic N) is 1. The number of halogens is 4. The fraction of sp³-hybridized carbons (Fsp3) is 0.400. The van der Waals surface area contributed by atoms with Crippen molar-refractivity contribution in [2.75, 3.05) is 0 Å². The van der Waals surface area contributed by atoms with Gasteiger partial charge in [0.15, 0.2) is 0 Å². The Kier molecular flexibility index (Phi) is 2.79. The fourth-order valence-corrected chi connectivity index (χ4v) is 1.36. The fourth-order valence-electron chi connectivity index (χ4n) is 0.498. The number of hydrogen-bond acceptors (Lipinski definition) is 3. The molecule has 0 N–H and O–H groups in total. The Bertz CT molecular complexity index is 261. The minimum atomic E-state index is -4.68. The van der Waals surface area contributed by atoms with E-state index in [1.165, 1.54) is 6.20 Å². The van der Waals surface area contributed by atoms with E-state index in [1.54, 1.807) is 0 Å². The molecule has 0 saturated carbocycles. The topological polar surface area (TPSA) is 22.1 Å². The van der Waals surface area contributed by atoms with Gasteiger partial charge < -0.3 is 4.74 Å². The smallest absolute Gasteiger partial charge is 0.378 e. The third-order valence-corrected chi connectivity index (χ3v) is 2.19. The number of alkyl halides is 4. The maximum Gasteiger partial charge on any atom is 0.574 e. The molecule has 0 fully saturated rings. The molecule has 1 rings (SSSR count). The Morgan fingerprint density at radius 1 is 1.58 bits per heavy atom. The van der Waals surface area contributed by atoms with Gasteiger partial charge >= 0.3 is 6.36 Å². The van der Waals surface area contributed by atoms with Crippen molar-refractivity contribution in [1.29, 1.82) is 0 Å². The van der Waals surface area contributed by atoms with E-state index in [0.29, 0.717) is 4.88 Å². The second-order valence-corrected chi connectivity index (χ2v) is 3.12. The van der Waals surface area contributed by atoms with Crippen molar-refractivity contribution in [3.05, 3.63) is 11.1 Å². The third kappa shape index (κ3) is 2.86. The normalized spacial score (nSPS) is 11.7. The Labute approximate surface area is 74.9 Å². The van der Waals surface area contributed by atoms with E-state index in [9.17, 15) is 13.2 Å². The Morgan fingerprint density at radius 2 is 2.25 bits per heavy atom. The predicted octanol–water partition coefficient (Wildman–Crippen LogP) is 2.78. The van der Waals surface area contributed by atoms with Crippen molar-refractivity contribution in [1.82, 2.24) is 4.98 Å². The molecule has 1 heterocycles. The second kappa shape index (κ2) is 3.49. The minimum absolute atomic E-state index is 0.138. The van der Waals surface area contributed by atoms with Gasteiger partial charge in [-0.25, -0.2) is 4.98 Å². The molecule has 12 heavy (non-hydrogen) atoms. The first kappa shape index (κ1) is 9.60. The zero-order valence-electron chi connectivity index (χ0n) is 5.56. The molecule has 0 aromatic carbocycles. The molecule has 0 spiro atoms. The number of thiazole rings is 1. The molecule has 2 nitrogen and oxygen atoms in total. The van der Waals surface area contributed by atoms with E-state index in [0.717, 1.165) is 11.3 Å². The molecule has 0 aliphatic heterocycles. The monoisotopic (exact) mass is 217 g/mol. The van der Waals surface area contributed by atoms with Crippen LogP contribution in [0.25, 0.3) is 0 Å². The summed E-state index contributed by atoms with van der Waals surface area (Å²) >= 11 is 6.12. The first-order valence-electron chi connectivity index (χ1n) is 2.77. The molecule has 0 aliphatic carbocycles. The average molecular weight is 218 g/mol. The lowest BCUT2D eigenvalue weighted by Gasteiger charge is -2.03. The largest absolute Gasteiger partial charge is 0.574 e. The van der Waals surface area contributed by atoms with E-state index >= 15 is 0 Å². The van der Waals surface area contributed by atoms with Gasteiger partial charge in [0.05, 0.1) is 5.88 Å². The van der Waals surface area contributed by atoms with Gasteiger partial charge in [-0.1, -0.05) is 11.3 Å². The van der Waals surface area contributed by atoms with Crippen molar-refractivity contribution in [3.8, 4) is 5.19 Å². The highest BCUT2D eigenvalue weighted by Crippen LogP contribution is 2.27. The molecule has 7 heteroatoms. The van der Waals surface area contributed by atoms with Crippen molar-refractivity contribution < 1.29 is 17.9 Å².